The first-order chi connectivity index (χ1) is 10.0. The summed E-state index contributed by atoms with van der Waals surface area (Å²) in [5, 5.41) is 3.91. The highest BCUT2D eigenvalue weighted by Gasteiger charge is 2.18. The first-order valence-electron chi connectivity index (χ1n) is 6.64. The van der Waals surface area contributed by atoms with Crippen molar-refractivity contribution in [1.82, 2.24) is 5.32 Å². The van der Waals surface area contributed by atoms with Crippen molar-refractivity contribution in [2.45, 2.75) is 19.4 Å². The number of rotatable bonds is 5. The van der Waals surface area contributed by atoms with E-state index in [0.717, 1.165) is 5.56 Å². The first kappa shape index (κ1) is 16.2. The van der Waals surface area contributed by atoms with E-state index in [0.29, 0.717) is 28.6 Å². The van der Waals surface area contributed by atoms with Crippen LogP contribution in [-0.4, -0.2) is 6.54 Å². The normalized spacial score (nSPS) is 12.4. The van der Waals surface area contributed by atoms with Gasteiger partial charge in [0, 0.05) is 21.7 Å². The minimum Gasteiger partial charge on any atom is -0.310 e. The Morgan fingerprint density at radius 3 is 2.48 bits per heavy atom. The van der Waals surface area contributed by atoms with Gasteiger partial charge in [-0.25, -0.2) is 8.78 Å². The monoisotopic (exact) mass is 329 g/mol. The standard InChI is InChI=1S/C16H15Cl2F2N/c1-2-21-16(11-7-6-10(19)8-14(11)18)9-12-13(17)4-3-5-15(12)20/h3-8,16,21H,2,9H2,1H3. The van der Waals surface area contributed by atoms with Gasteiger partial charge in [-0.05, 0) is 42.8 Å². The van der Waals surface area contributed by atoms with E-state index >= 15 is 0 Å². The van der Waals surface area contributed by atoms with Crippen LogP contribution in [0, 0.1) is 11.6 Å². The molecule has 2 aromatic rings. The summed E-state index contributed by atoms with van der Waals surface area (Å²) >= 11 is 12.2. The van der Waals surface area contributed by atoms with E-state index in [-0.39, 0.29) is 11.9 Å². The lowest BCUT2D eigenvalue weighted by Crippen LogP contribution is -2.24. The second kappa shape index (κ2) is 7.21. The fourth-order valence-corrected chi connectivity index (χ4v) is 2.79. The van der Waals surface area contributed by atoms with Crippen LogP contribution in [-0.2, 0) is 6.42 Å². The van der Waals surface area contributed by atoms with E-state index in [4.69, 9.17) is 23.2 Å². The van der Waals surface area contributed by atoms with E-state index in [2.05, 4.69) is 5.32 Å². The van der Waals surface area contributed by atoms with E-state index in [9.17, 15) is 8.78 Å². The minimum absolute atomic E-state index is 0.238. The highest BCUT2D eigenvalue weighted by molar-refractivity contribution is 6.31. The summed E-state index contributed by atoms with van der Waals surface area (Å²) in [6.07, 6.45) is 0.338. The summed E-state index contributed by atoms with van der Waals surface area (Å²) < 4.78 is 27.1. The number of hydrogen-bond donors (Lipinski definition) is 1. The third-order valence-corrected chi connectivity index (χ3v) is 3.94. The third kappa shape index (κ3) is 3.94. The molecule has 0 aromatic heterocycles. The smallest absolute Gasteiger partial charge is 0.127 e. The van der Waals surface area contributed by atoms with Crippen LogP contribution in [0.3, 0.4) is 0 Å². The Bertz CT molecular complexity index is 611. The van der Waals surface area contributed by atoms with Crippen LogP contribution in [0.15, 0.2) is 36.4 Å². The van der Waals surface area contributed by atoms with Crippen molar-refractivity contribution in [2.75, 3.05) is 6.54 Å². The summed E-state index contributed by atoms with van der Waals surface area (Å²) in [4.78, 5) is 0. The van der Waals surface area contributed by atoms with Crippen LogP contribution >= 0.6 is 23.2 Å². The zero-order chi connectivity index (χ0) is 15.4. The highest BCUT2D eigenvalue weighted by atomic mass is 35.5. The quantitative estimate of drug-likeness (QED) is 0.798. The lowest BCUT2D eigenvalue weighted by atomic mass is 9.98. The van der Waals surface area contributed by atoms with Gasteiger partial charge in [-0.15, -0.1) is 0 Å². The molecule has 0 fully saturated rings. The Balaban J connectivity index is 2.35. The number of likely N-dealkylation sites (N-methyl/N-ethyl adjacent to an activating group) is 1. The molecule has 5 heteroatoms. The number of halogens is 4. The predicted octanol–water partition coefficient (Wildman–Crippen LogP) is 5.16. The topological polar surface area (TPSA) is 12.0 Å². The lowest BCUT2D eigenvalue weighted by Gasteiger charge is -2.20. The molecule has 0 heterocycles. The van der Waals surface area contributed by atoms with Crippen LogP contribution in [0.4, 0.5) is 8.78 Å². The SMILES string of the molecule is CCNC(Cc1c(F)cccc1Cl)c1ccc(F)cc1Cl. The van der Waals surface area contributed by atoms with Gasteiger partial charge >= 0.3 is 0 Å². The molecule has 0 radical (unpaired) electrons. The Kier molecular flexibility index (Phi) is 5.57. The van der Waals surface area contributed by atoms with Crippen LogP contribution in [0.1, 0.15) is 24.1 Å². The molecule has 0 aliphatic heterocycles. The summed E-state index contributed by atoms with van der Waals surface area (Å²) in [6, 6.07) is 8.55. The van der Waals surface area contributed by atoms with Gasteiger partial charge in [0.1, 0.15) is 11.6 Å². The molecule has 2 rings (SSSR count). The number of benzene rings is 2. The Labute approximate surface area is 132 Å². The molecule has 0 spiro atoms. The van der Waals surface area contributed by atoms with Crippen LogP contribution in [0.25, 0.3) is 0 Å². The van der Waals surface area contributed by atoms with Crippen molar-refractivity contribution >= 4 is 23.2 Å². The van der Waals surface area contributed by atoms with E-state index in [1.165, 1.54) is 18.2 Å². The maximum absolute atomic E-state index is 13.9. The summed E-state index contributed by atoms with van der Waals surface area (Å²) in [7, 11) is 0. The molecule has 112 valence electrons. The number of nitrogens with one attached hydrogen (secondary N) is 1. The minimum atomic E-state index is -0.400. The van der Waals surface area contributed by atoms with E-state index in [1.807, 2.05) is 6.92 Å². The van der Waals surface area contributed by atoms with Gasteiger partial charge in [-0.2, -0.15) is 0 Å². The van der Waals surface area contributed by atoms with Gasteiger partial charge in [0.15, 0.2) is 0 Å². The molecule has 0 aliphatic rings. The van der Waals surface area contributed by atoms with Crippen molar-refractivity contribution in [2.24, 2.45) is 0 Å². The zero-order valence-electron chi connectivity index (χ0n) is 11.5. The second-order valence-corrected chi connectivity index (χ2v) is 5.49. The van der Waals surface area contributed by atoms with E-state index < -0.39 is 5.82 Å². The summed E-state index contributed by atoms with van der Waals surface area (Å²) in [6.45, 7) is 2.61. The molecule has 1 N–H and O–H groups in total. The van der Waals surface area contributed by atoms with Crippen molar-refractivity contribution in [3.8, 4) is 0 Å². The average molecular weight is 330 g/mol. The van der Waals surface area contributed by atoms with Crippen molar-refractivity contribution < 1.29 is 8.78 Å². The molecule has 0 aliphatic carbocycles. The zero-order valence-corrected chi connectivity index (χ0v) is 13.0. The second-order valence-electron chi connectivity index (χ2n) is 4.68. The van der Waals surface area contributed by atoms with Gasteiger partial charge in [-0.1, -0.05) is 42.3 Å². The summed E-state index contributed by atoms with van der Waals surface area (Å²) in [5.41, 5.74) is 1.14. The van der Waals surface area contributed by atoms with Gasteiger partial charge < -0.3 is 5.32 Å². The fraction of sp³-hybridized carbons (Fsp3) is 0.250. The molecule has 0 saturated carbocycles. The van der Waals surface area contributed by atoms with Crippen LogP contribution < -0.4 is 5.32 Å². The molecule has 21 heavy (non-hydrogen) atoms. The summed E-state index contributed by atoms with van der Waals surface area (Å²) in [5.74, 6) is -0.758. The predicted molar refractivity (Wildman–Crippen MR) is 82.9 cm³/mol. The van der Waals surface area contributed by atoms with Gasteiger partial charge in [-0.3, -0.25) is 0 Å². The molecule has 1 unspecified atom stereocenters. The van der Waals surface area contributed by atoms with Crippen molar-refractivity contribution in [3.63, 3.8) is 0 Å². The van der Waals surface area contributed by atoms with Crippen LogP contribution in [0.5, 0.6) is 0 Å². The lowest BCUT2D eigenvalue weighted by molar-refractivity contribution is 0.527. The molecule has 0 amide bonds. The molecule has 2 aromatic carbocycles. The molecule has 1 atom stereocenters. The highest BCUT2D eigenvalue weighted by Crippen LogP contribution is 2.30. The molecular formula is C16H15Cl2F2N. The van der Waals surface area contributed by atoms with Crippen molar-refractivity contribution in [1.29, 1.82) is 0 Å². The molecule has 1 nitrogen and oxygen atoms in total. The fourth-order valence-electron chi connectivity index (χ4n) is 2.25. The van der Waals surface area contributed by atoms with Crippen LogP contribution in [0.2, 0.25) is 10.0 Å². The van der Waals surface area contributed by atoms with Crippen molar-refractivity contribution in [3.05, 3.63) is 69.2 Å². The Hall–Kier alpha value is -1.16. The molecule has 0 saturated heterocycles. The van der Waals surface area contributed by atoms with Gasteiger partial charge in [0.05, 0.1) is 0 Å². The Morgan fingerprint density at radius 2 is 1.86 bits per heavy atom. The first-order valence-corrected chi connectivity index (χ1v) is 7.39. The van der Waals surface area contributed by atoms with Gasteiger partial charge in [0.25, 0.3) is 0 Å². The largest absolute Gasteiger partial charge is 0.310 e. The molecular weight excluding hydrogens is 315 g/mol. The van der Waals surface area contributed by atoms with E-state index in [1.54, 1.807) is 18.2 Å². The number of hydrogen-bond acceptors (Lipinski definition) is 1. The Morgan fingerprint density at radius 1 is 1.10 bits per heavy atom. The average Bonchev–Trinajstić information content (AvgIpc) is 2.42. The van der Waals surface area contributed by atoms with Gasteiger partial charge in [0.2, 0.25) is 0 Å². The third-order valence-electron chi connectivity index (χ3n) is 3.26. The maximum atomic E-state index is 13.9. The maximum Gasteiger partial charge on any atom is 0.127 e. The molecule has 0 bridgehead atoms.